The highest BCUT2D eigenvalue weighted by Crippen LogP contribution is 2.31. The van der Waals surface area contributed by atoms with E-state index in [9.17, 15) is 4.79 Å². The molecule has 1 aliphatic heterocycles. The van der Waals surface area contributed by atoms with Crippen molar-refractivity contribution >= 4 is 28.9 Å². The van der Waals surface area contributed by atoms with Crippen molar-refractivity contribution in [3.8, 4) is 5.75 Å². The van der Waals surface area contributed by atoms with E-state index in [0.29, 0.717) is 29.5 Å². The Morgan fingerprint density at radius 1 is 1.21 bits per heavy atom. The number of hydrogen-bond acceptors (Lipinski definition) is 4. The average Bonchev–Trinajstić information content (AvgIpc) is 2.63. The second-order valence-corrected chi connectivity index (χ2v) is 5.85. The second-order valence-electron chi connectivity index (χ2n) is 5.42. The van der Waals surface area contributed by atoms with Crippen molar-refractivity contribution in [3.63, 3.8) is 0 Å². The van der Waals surface area contributed by atoms with E-state index >= 15 is 0 Å². The lowest BCUT2D eigenvalue weighted by molar-refractivity contribution is 0.102. The van der Waals surface area contributed by atoms with Crippen molar-refractivity contribution in [2.45, 2.75) is 0 Å². The van der Waals surface area contributed by atoms with E-state index in [1.54, 1.807) is 25.3 Å². The van der Waals surface area contributed by atoms with Crippen LogP contribution in [0, 0.1) is 0 Å². The van der Waals surface area contributed by atoms with Gasteiger partial charge in [-0.3, -0.25) is 4.79 Å². The lowest BCUT2D eigenvalue weighted by atomic mass is 10.1. The number of benzene rings is 2. The Hall–Kier alpha value is -2.24. The Morgan fingerprint density at radius 3 is 2.71 bits per heavy atom. The SMILES string of the molecule is COc1ccccc1C(=O)Nc1ccc(Cl)cc1N1CCOCC1. The van der Waals surface area contributed by atoms with Gasteiger partial charge in [-0.2, -0.15) is 0 Å². The molecule has 0 aliphatic carbocycles. The van der Waals surface area contributed by atoms with Crippen LogP contribution in [0.1, 0.15) is 10.4 Å². The van der Waals surface area contributed by atoms with Crippen LogP contribution in [-0.4, -0.2) is 39.3 Å². The minimum atomic E-state index is -0.218. The third kappa shape index (κ3) is 3.63. The van der Waals surface area contributed by atoms with Crippen LogP contribution in [0.15, 0.2) is 42.5 Å². The number of amides is 1. The van der Waals surface area contributed by atoms with Crippen LogP contribution in [0.4, 0.5) is 11.4 Å². The van der Waals surface area contributed by atoms with Gasteiger partial charge in [-0.25, -0.2) is 0 Å². The fraction of sp³-hybridized carbons (Fsp3) is 0.278. The van der Waals surface area contributed by atoms with E-state index < -0.39 is 0 Å². The van der Waals surface area contributed by atoms with Crippen molar-refractivity contribution < 1.29 is 14.3 Å². The summed E-state index contributed by atoms with van der Waals surface area (Å²) in [6.45, 7) is 2.84. The zero-order valence-corrected chi connectivity index (χ0v) is 14.2. The summed E-state index contributed by atoms with van der Waals surface area (Å²) in [6, 6.07) is 12.6. The number of nitrogens with zero attached hydrogens (tertiary/aromatic N) is 1. The van der Waals surface area contributed by atoms with Gasteiger partial charge in [-0.15, -0.1) is 0 Å². The molecule has 1 aliphatic rings. The maximum absolute atomic E-state index is 12.6. The number of rotatable bonds is 4. The lowest BCUT2D eigenvalue weighted by Crippen LogP contribution is -2.36. The van der Waals surface area contributed by atoms with E-state index in [-0.39, 0.29) is 5.91 Å². The molecule has 126 valence electrons. The molecule has 3 rings (SSSR count). The maximum Gasteiger partial charge on any atom is 0.259 e. The van der Waals surface area contributed by atoms with Crippen LogP contribution in [0.2, 0.25) is 5.02 Å². The number of nitrogens with one attached hydrogen (secondary N) is 1. The summed E-state index contributed by atoms with van der Waals surface area (Å²) in [7, 11) is 1.55. The number of carbonyl (C=O) groups is 1. The highest BCUT2D eigenvalue weighted by atomic mass is 35.5. The molecule has 5 nitrogen and oxygen atoms in total. The molecule has 2 aromatic rings. The molecule has 24 heavy (non-hydrogen) atoms. The van der Waals surface area contributed by atoms with Gasteiger partial charge in [0.1, 0.15) is 5.75 Å². The molecule has 0 atom stereocenters. The van der Waals surface area contributed by atoms with Crippen LogP contribution >= 0.6 is 11.6 Å². The lowest BCUT2D eigenvalue weighted by Gasteiger charge is -2.30. The van der Waals surface area contributed by atoms with Gasteiger partial charge in [-0.05, 0) is 30.3 Å². The average molecular weight is 347 g/mol. The summed E-state index contributed by atoms with van der Waals surface area (Å²) in [5.74, 6) is 0.321. The molecule has 1 saturated heterocycles. The fourth-order valence-electron chi connectivity index (χ4n) is 2.70. The first-order chi connectivity index (χ1) is 11.7. The first-order valence-electron chi connectivity index (χ1n) is 7.75. The molecule has 0 unspecified atom stereocenters. The molecule has 0 spiro atoms. The van der Waals surface area contributed by atoms with Crippen molar-refractivity contribution in [1.29, 1.82) is 0 Å². The van der Waals surface area contributed by atoms with Gasteiger partial charge in [0.15, 0.2) is 0 Å². The normalized spacial score (nSPS) is 14.3. The molecule has 6 heteroatoms. The van der Waals surface area contributed by atoms with E-state index in [0.717, 1.165) is 24.5 Å². The molecule has 1 N–H and O–H groups in total. The van der Waals surface area contributed by atoms with Gasteiger partial charge in [0, 0.05) is 18.1 Å². The van der Waals surface area contributed by atoms with Gasteiger partial charge in [0.25, 0.3) is 5.91 Å². The largest absolute Gasteiger partial charge is 0.496 e. The van der Waals surface area contributed by atoms with Crippen LogP contribution < -0.4 is 15.0 Å². The minimum absolute atomic E-state index is 0.218. The van der Waals surface area contributed by atoms with Crippen molar-refractivity contribution in [3.05, 3.63) is 53.1 Å². The Morgan fingerprint density at radius 2 is 1.96 bits per heavy atom. The second kappa shape index (κ2) is 7.55. The summed E-state index contributed by atoms with van der Waals surface area (Å²) in [5.41, 5.74) is 2.11. The smallest absolute Gasteiger partial charge is 0.259 e. The van der Waals surface area contributed by atoms with Gasteiger partial charge < -0.3 is 19.7 Å². The Balaban J connectivity index is 1.88. The van der Waals surface area contributed by atoms with Crippen LogP contribution in [0.3, 0.4) is 0 Å². The first-order valence-corrected chi connectivity index (χ1v) is 8.13. The van der Waals surface area contributed by atoms with Gasteiger partial charge in [0.2, 0.25) is 0 Å². The van der Waals surface area contributed by atoms with Crippen LogP contribution in [-0.2, 0) is 4.74 Å². The molecule has 2 aromatic carbocycles. The number of methoxy groups -OCH3 is 1. The predicted molar refractivity (Wildman–Crippen MR) is 95.4 cm³/mol. The van der Waals surface area contributed by atoms with Crippen LogP contribution in [0.25, 0.3) is 0 Å². The van der Waals surface area contributed by atoms with E-state index in [1.165, 1.54) is 0 Å². The third-order valence-corrected chi connectivity index (χ3v) is 4.15. The quantitative estimate of drug-likeness (QED) is 0.921. The van der Waals surface area contributed by atoms with Crippen molar-refractivity contribution in [1.82, 2.24) is 0 Å². The summed E-state index contributed by atoms with van der Waals surface area (Å²) in [4.78, 5) is 14.8. The number of halogens is 1. The van der Waals surface area contributed by atoms with E-state index in [1.807, 2.05) is 24.3 Å². The molecule has 1 amide bonds. The fourth-order valence-corrected chi connectivity index (χ4v) is 2.86. The molecule has 0 bridgehead atoms. The Kier molecular flexibility index (Phi) is 5.23. The molecule has 0 saturated carbocycles. The molecule has 0 radical (unpaired) electrons. The first kappa shape index (κ1) is 16.6. The number of anilines is 2. The zero-order chi connectivity index (χ0) is 16.9. The van der Waals surface area contributed by atoms with Crippen LogP contribution in [0.5, 0.6) is 5.75 Å². The zero-order valence-electron chi connectivity index (χ0n) is 13.4. The highest BCUT2D eigenvalue weighted by molar-refractivity contribution is 6.31. The summed E-state index contributed by atoms with van der Waals surface area (Å²) >= 11 is 6.15. The molecule has 0 aromatic heterocycles. The number of hydrogen-bond donors (Lipinski definition) is 1. The van der Waals surface area contributed by atoms with Gasteiger partial charge >= 0.3 is 0 Å². The Bertz CT molecular complexity index is 730. The summed E-state index contributed by atoms with van der Waals surface area (Å²) in [5, 5.41) is 3.60. The third-order valence-electron chi connectivity index (χ3n) is 3.91. The molecule has 1 fully saturated rings. The topological polar surface area (TPSA) is 50.8 Å². The summed E-state index contributed by atoms with van der Waals surface area (Å²) in [6.07, 6.45) is 0. The van der Waals surface area contributed by atoms with E-state index in [2.05, 4.69) is 10.2 Å². The highest BCUT2D eigenvalue weighted by Gasteiger charge is 2.18. The van der Waals surface area contributed by atoms with Crippen molar-refractivity contribution in [2.75, 3.05) is 43.6 Å². The molecular formula is C18H19ClN2O3. The predicted octanol–water partition coefficient (Wildman–Crippen LogP) is 3.44. The van der Waals surface area contributed by atoms with E-state index in [4.69, 9.17) is 21.1 Å². The van der Waals surface area contributed by atoms with Gasteiger partial charge in [-0.1, -0.05) is 23.7 Å². The number of morpholine rings is 1. The number of carbonyl (C=O) groups excluding carboxylic acids is 1. The van der Waals surface area contributed by atoms with Crippen molar-refractivity contribution in [2.24, 2.45) is 0 Å². The standard InChI is InChI=1S/C18H19ClN2O3/c1-23-17-5-3-2-4-14(17)18(22)20-15-7-6-13(19)12-16(15)21-8-10-24-11-9-21/h2-7,12H,8-11H2,1H3,(H,20,22). The Labute approximate surface area is 146 Å². The number of para-hydroxylation sites is 1. The molecular weight excluding hydrogens is 328 g/mol. The maximum atomic E-state index is 12.6. The van der Waals surface area contributed by atoms with Gasteiger partial charge in [0.05, 0.1) is 37.3 Å². The minimum Gasteiger partial charge on any atom is -0.496 e. The number of ether oxygens (including phenoxy) is 2. The molecule has 1 heterocycles. The summed E-state index contributed by atoms with van der Waals surface area (Å²) < 4.78 is 10.7. The monoisotopic (exact) mass is 346 g/mol.